The second kappa shape index (κ2) is 1.90. The summed E-state index contributed by atoms with van der Waals surface area (Å²) in [4.78, 5) is 14.1. The van der Waals surface area contributed by atoms with Crippen molar-refractivity contribution in [2.24, 2.45) is 5.73 Å². The van der Waals surface area contributed by atoms with E-state index in [1.165, 1.54) is 6.33 Å². The zero-order chi connectivity index (χ0) is 7.72. The highest BCUT2D eigenvalue weighted by Gasteiger charge is 2.10. The summed E-state index contributed by atoms with van der Waals surface area (Å²) in [5.74, 6) is 4.58. The van der Waals surface area contributed by atoms with Gasteiger partial charge in [0.1, 0.15) is 6.33 Å². The predicted octanol–water partition coefficient (Wildman–Crippen LogP) is -1.72. The Morgan fingerprint density at radius 1 is 1.70 bits per heavy atom. The Morgan fingerprint density at radius 3 is 2.50 bits per heavy atom. The molecule has 0 spiro atoms. The number of amides is 1. The number of primary amides is 1. The van der Waals surface area contributed by atoms with Crippen LogP contribution in [0.5, 0.6) is 0 Å². The molecule has 0 aromatic carbocycles. The first-order valence-corrected chi connectivity index (χ1v) is 2.50. The molecule has 0 aliphatic rings. The molecular weight excluding hydrogens is 134 g/mol. The highest BCUT2D eigenvalue weighted by molar-refractivity contribution is 5.95. The van der Waals surface area contributed by atoms with Crippen molar-refractivity contribution in [3.8, 4) is 0 Å². The molecule has 6 heteroatoms. The fourth-order valence-electron chi connectivity index (χ4n) is 0.629. The van der Waals surface area contributed by atoms with Crippen molar-refractivity contribution in [3.05, 3.63) is 12.0 Å². The first-order chi connectivity index (χ1) is 4.63. The third kappa shape index (κ3) is 0.750. The van der Waals surface area contributed by atoms with Crippen LogP contribution >= 0.6 is 0 Å². The van der Waals surface area contributed by atoms with Gasteiger partial charge in [-0.25, -0.2) is 9.66 Å². The number of carbonyl (C=O) groups excluding carboxylic acids is 1. The van der Waals surface area contributed by atoms with E-state index >= 15 is 0 Å². The fraction of sp³-hybridized carbons (Fsp3) is 0. The third-order valence-electron chi connectivity index (χ3n) is 1.06. The van der Waals surface area contributed by atoms with Crippen LogP contribution in [0.1, 0.15) is 10.5 Å². The van der Waals surface area contributed by atoms with E-state index in [0.717, 1.165) is 4.68 Å². The van der Waals surface area contributed by atoms with Gasteiger partial charge in [-0.2, -0.15) is 0 Å². The number of anilines is 1. The van der Waals surface area contributed by atoms with Crippen molar-refractivity contribution < 1.29 is 4.79 Å². The van der Waals surface area contributed by atoms with Gasteiger partial charge in [0.25, 0.3) is 5.91 Å². The van der Waals surface area contributed by atoms with Crippen LogP contribution in [0.4, 0.5) is 5.82 Å². The lowest BCUT2D eigenvalue weighted by Crippen LogP contribution is -2.22. The van der Waals surface area contributed by atoms with Gasteiger partial charge in [0.05, 0.1) is 0 Å². The van der Waals surface area contributed by atoms with Crippen LogP contribution in [-0.4, -0.2) is 15.6 Å². The van der Waals surface area contributed by atoms with E-state index in [-0.39, 0.29) is 11.5 Å². The lowest BCUT2D eigenvalue weighted by Gasteiger charge is -1.95. The van der Waals surface area contributed by atoms with Gasteiger partial charge in [-0.05, 0) is 0 Å². The molecule has 10 heavy (non-hydrogen) atoms. The molecule has 6 nitrogen and oxygen atoms in total. The van der Waals surface area contributed by atoms with E-state index in [1.807, 2.05) is 0 Å². The Kier molecular flexibility index (Phi) is 1.22. The molecule has 0 radical (unpaired) electrons. The smallest absolute Gasteiger partial charge is 0.271 e. The molecule has 0 saturated carbocycles. The minimum atomic E-state index is -0.683. The fourth-order valence-corrected chi connectivity index (χ4v) is 0.629. The van der Waals surface area contributed by atoms with Crippen LogP contribution in [0.15, 0.2) is 6.33 Å². The topological polar surface area (TPSA) is 113 Å². The summed E-state index contributed by atoms with van der Waals surface area (Å²) in [6.07, 6.45) is 1.22. The number of nitrogen functional groups attached to an aromatic ring is 2. The molecule has 0 bridgehead atoms. The Hall–Kier alpha value is -1.72. The van der Waals surface area contributed by atoms with Crippen LogP contribution < -0.4 is 17.3 Å². The van der Waals surface area contributed by atoms with Crippen LogP contribution in [-0.2, 0) is 0 Å². The Labute approximate surface area is 56.6 Å². The molecule has 1 aromatic rings. The van der Waals surface area contributed by atoms with E-state index in [0.29, 0.717) is 0 Å². The zero-order valence-corrected chi connectivity index (χ0v) is 5.11. The minimum Gasteiger partial charge on any atom is -0.382 e. The molecule has 6 N–H and O–H groups in total. The van der Waals surface area contributed by atoms with Crippen molar-refractivity contribution >= 4 is 11.7 Å². The number of hydrogen-bond acceptors (Lipinski definition) is 4. The minimum absolute atomic E-state index is 0.0278. The second-order valence-corrected chi connectivity index (χ2v) is 1.75. The number of nitrogens with two attached hydrogens (primary N) is 3. The molecule has 0 aliphatic carbocycles. The van der Waals surface area contributed by atoms with Gasteiger partial charge in [0.15, 0.2) is 11.5 Å². The molecule has 0 fully saturated rings. The second-order valence-electron chi connectivity index (χ2n) is 1.75. The lowest BCUT2D eigenvalue weighted by molar-refractivity contribution is 0.0994. The van der Waals surface area contributed by atoms with Crippen molar-refractivity contribution in [1.29, 1.82) is 0 Å². The van der Waals surface area contributed by atoms with E-state index in [1.54, 1.807) is 0 Å². The Bertz CT molecular complexity index is 245. The maximum atomic E-state index is 10.5. The SMILES string of the molecule is NC(=O)c1c(N)ncn1N. The number of rotatable bonds is 1. The molecule has 1 amide bonds. The largest absolute Gasteiger partial charge is 0.382 e. The number of hydrogen-bond donors (Lipinski definition) is 3. The highest BCUT2D eigenvalue weighted by Crippen LogP contribution is 2.03. The van der Waals surface area contributed by atoms with Gasteiger partial charge < -0.3 is 17.3 Å². The first kappa shape index (κ1) is 6.40. The number of aromatic nitrogens is 2. The van der Waals surface area contributed by atoms with Crippen molar-refractivity contribution in [1.82, 2.24) is 9.66 Å². The molecule has 1 aromatic heterocycles. The summed E-state index contributed by atoms with van der Waals surface area (Å²) in [5, 5.41) is 0. The summed E-state index contributed by atoms with van der Waals surface area (Å²) in [6.45, 7) is 0. The van der Waals surface area contributed by atoms with Gasteiger partial charge in [-0.1, -0.05) is 0 Å². The quantitative estimate of drug-likeness (QED) is 0.403. The normalized spacial score (nSPS) is 9.60. The highest BCUT2D eigenvalue weighted by atomic mass is 16.1. The van der Waals surface area contributed by atoms with Gasteiger partial charge in [0.2, 0.25) is 0 Å². The Balaban J connectivity index is 3.23. The number of nitrogens with zero attached hydrogens (tertiary/aromatic N) is 2. The average molecular weight is 141 g/mol. The van der Waals surface area contributed by atoms with Gasteiger partial charge in [0, 0.05) is 0 Å². The van der Waals surface area contributed by atoms with Gasteiger partial charge >= 0.3 is 0 Å². The maximum Gasteiger partial charge on any atom is 0.271 e. The maximum absolute atomic E-state index is 10.5. The van der Waals surface area contributed by atoms with Crippen molar-refractivity contribution in [2.45, 2.75) is 0 Å². The van der Waals surface area contributed by atoms with Gasteiger partial charge in [-0.3, -0.25) is 4.79 Å². The Morgan fingerprint density at radius 2 is 2.30 bits per heavy atom. The summed E-state index contributed by atoms with van der Waals surface area (Å²) in [7, 11) is 0. The molecule has 0 saturated heterocycles. The van der Waals surface area contributed by atoms with Crippen LogP contribution in [0.3, 0.4) is 0 Å². The van der Waals surface area contributed by atoms with Crippen molar-refractivity contribution in [2.75, 3.05) is 11.6 Å². The predicted molar refractivity (Wildman–Crippen MR) is 35.3 cm³/mol. The zero-order valence-electron chi connectivity index (χ0n) is 5.11. The van der Waals surface area contributed by atoms with E-state index in [4.69, 9.17) is 17.3 Å². The van der Waals surface area contributed by atoms with Crippen LogP contribution in [0.2, 0.25) is 0 Å². The van der Waals surface area contributed by atoms with Gasteiger partial charge in [-0.15, -0.1) is 0 Å². The summed E-state index contributed by atoms with van der Waals surface area (Å²) in [6, 6.07) is 0. The summed E-state index contributed by atoms with van der Waals surface area (Å²) >= 11 is 0. The molecule has 0 aliphatic heterocycles. The first-order valence-electron chi connectivity index (χ1n) is 2.50. The standard InChI is InChI=1S/C4H7N5O/c5-3-2(4(6)10)9(7)1-8-3/h1H,5,7H2,(H2,6,10). The van der Waals surface area contributed by atoms with Crippen molar-refractivity contribution in [3.63, 3.8) is 0 Å². The monoisotopic (exact) mass is 141 g/mol. The lowest BCUT2D eigenvalue weighted by atomic mass is 10.4. The molecule has 54 valence electrons. The van der Waals surface area contributed by atoms with Crippen LogP contribution in [0, 0.1) is 0 Å². The number of carbonyl (C=O) groups is 1. The number of imidazole rings is 1. The van der Waals surface area contributed by atoms with Crippen LogP contribution in [0.25, 0.3) is 0 Å². The molecular formula is C4H7N5O. The van der Waals surface area contributed by atoms with E-state index < -0.39 is 5.91 Å². The third-order valence-corrected chi connectivity index (χ3v) is 1.06. The average Bonchev–Trinajstić information content (AvgIpc) is 2.11. The van der Waals surface area contributed by atoms with E-state index in [2.05, 4.69) is 4.98 Å². The molecule has 0 unspecified atom stereocenters. The molecule has 1 rings (SSSR count). The van der Waals surface area contributed by atoms with E-state index in [9.17, 15) is 4.79 Å². The molecule has 1 heterocycles. The molecule has 0 atom stereocenters. The summed E-state index contributed by atoms with van der Waals surface area (Å²) < 4.78 is 0.984. The summed E-state index contributed by atoms with van der Waals surface area (Å²) in [5.41, 5.74) is 10.2.